The van der Waals surface area contributed by atoms with Gasteiger partial charge < -0.3 is 10.5 Å². The van der Waals surface area contributed by atoms with E-state index in [1.54, 1.807) is 12.1 Å². The summed E-state index contributed by atoms with van der Waals surface area (Å²) in [6.45, 7) is 3.60. The van der Waals surface area contributed by atoms with Crippen molar-refractivity contribution in [3.63, 3.8) is 0 Å². The molecule has 5 nitrogen and oxygen atoms in total. The van der Waals surface area contributed by atoms with Gasteiger partial charge in [-0.15, -0.1) is 0 Å². The molecule has 0 saturated carbocycles. The van der Waals surface area contributed by atoms with Crippen LogP contribution in [0.5, 0.6) is 0 Å². The van der Waals surface area contributed by atoms with E-state index in [1.165, 1.54) is 10.4 Å². The van der Waals surface area contributed by atoms with Crippen LogP contribution in [0.1, 0.15) is 25.3 Å². The summed E-state index contributed by atoms with van der Waals surface area (Å²) in [4.78, 5) is 0.199. The van der Waals surface area contributed by atoms with Crippen molar-refractivity contribution in [3.8, 4) is 0 Å². The smallest absolute Gasteiger partial charge is 0.243 e. The Kier molecular flexibility index (Phi) is 5.62. The first-order valence-corrected chi connectivity index (χ1v) is 8.91. The highest BCUT2D eigenvalue weighted by Gasteiger charge is 2.28. The second kappa shape index (κ2) is 7.07. The molecule has 0 bridgehead atoms. The third-order valence-electron chi connectivity index (χ3n) is 3.67. The number of nitrogens with two attached hydrogens (primary N) is 1. The molecule has 2 N–H and O–H groups in total. The highest BCUT2D eigenvalue weighted by Crippen LogP contribution is 2.24. The van der Waals surface area contributed by atoms with Gasteiger partial charge in [-0.2, -0.15) is 4.31 Å². The molecule has 1 aromatic carbocycles. The molecule has 0 spiro atoms. The van der Waals surface area contributed by atoms with Crippen LogP contribution < -0.4 is 5.73 Å². The van der Waals surface area contributed by atoms with E-state index >= 15 is 0 Å². The predicted octanol–water partition coefficient (Wildman–Crippen LogP) is 1.99. The molecular weight excluding hydrogens is 312 g/mol. The van der Waals surface area contributed by atoms with Gasteiger partial charge in [-0.25, -0.2) is 8.42 Å². The zero-order valence-corrected chi connectivity index (χ0v) is 13.7. The third-order valence-corrected chi connectivity index (χ3v) is 5.95. The number of benzene rings is 1. The van der Waals surface area contributed by atoms with E-state index < -0.39 is 10.0 Å². The molecule has 1 heterocycles. The summed E-state index contributed by atoms with van der Waals surface area (Å²) >= 11 is 6.07. The molecule has 0 amide bonds. The van der Waals surface area contributed by atoms with E-state index in [0.717, 1.165) is 18.4 Å². The predicted molar refractivity (Wildman–Crippen MR) is 82.8 cm³/mol. The molecule has 1 aromatic rings. The van der Waals surface area contributed by atoms with Gasteiger partial charge in [0.2, 0.25) is 10.0 Å². The lowest BCUT2D eigenvalue weighted by Gasteiger charge is -2.23. The van der Waals surface area contributed by atoms with Crippen LogP contribution in [-0.4, -0.2) is 38.5 Å². The Morgan fingerprint density at radius 1 is 1.48 bits per heavy atom. The van der Waals surface area contributed by atoms with Crippen LogP contribution in [0.4, 0.5) is 0 Å². The molecular formula is C14H21ClN2O3S. The van der Waals surface area contributed by atoms with Crippen LogP contribution in [0.15, 0.2) is 23.1 Å². The average molecular weight is 333 g/mol. The number of halogens is 1. The largest absolute Gasteiger partial charge is 0.377 e. The second-order valence-corrected chi connectivity index (χ2v) is 7.39. The lowest BCUT2D eigenvalue weighted by Crippen LogP contribution is -2.37. The maximum Gasteiger partial charge on any atom is 0.243 e. The maximum absolute atomic E-state index is 12.7. The Morgan fingerprint density at radius 2 is 2.24 bits per heavy atom. The molecule has 0 aromatic heterocycles. The SMILES string of the molecule is CCN(CC1CCCO1)S(=O)(=O)c1ccc(CN)c(Cl)c1. The lowest BCUT2D eigenvalue weighted by atomic mass is 10.2. The Labute approximate surface area is 131 Å². The van der Waals surface area contributed by atoms with Gasteiger partial charge >= 0.3 is 0 Å². The van der Waals surface area contributed by atoms with Crippen molar-refractivity contribution in [2.75, 3.05) is 19.7 Å². The maximum atomic E-state index is 12.7. The summed E-state index contributed by atoms with van der Waals surface area (Å²) in [6.07, 6.45) is 1.87. The van der Waals surface area contributed by atoms with Crippen molar-refractivity contribution in [1.82, 2.24) is 4.31 Å². The fraction of sp³-hybridized carbons (Fsp3) is 0.571. The lowest BCUT2D eigenvalue weighted by molar-refractivity contribution is 0.0947. The van der Waals surface area contributed by atoms with Crippen molar-refractivity contribution < 1.29 is 13.2 Å². The summed E-state index contributed by atoms with van der Waals surface area (Å²) in [5, 5.41) is 0.381. The van der Waals surface area contributed by atoms with E-state index in [-0.39, 0.29) is 17.5 Å². The molecule has 1 fully saturated rings. The van der Waals surface area contributed by atoms with Gasteiger partial charge in [-0.1, -0.05) is 24.6 Å². The number of ether oxygens (including phenoxy) is 1. The van der Waals surface area contributed by atoms with Gasteiger partial charge in [-0.05, 0) is 30.5 Å². The first-order valence-electron chi connectivity index (χ1n) is 7.09. The summed E-state index contributed by atoms with van der Waals surface area (Å²) in [7, 11) is -3.56. The number of sulfonamides is 1. The van der Waals surface area contributed by atoms with Crippen LogP contribution in [-0.2, 0) is 21.3 Å². The number of hydrogen-bond acceptors (Lipinski definition) is 4. The number of rotatable bonds is 6. The Hall–Kier alpha value is -0.660. The van der Waals surface area contributed by atoms with E-state index in [2.05, 4.69) is 0 Å². The van der Waals surface area contributed by atoms with Gasteiger partial charge in [0.1, 0.15) is 0 Å². The molecule has 1 saturated heterocycles. The quantitative estimate of drug-likeness (QED) is 0.864. The summed E-state index contributed by atoms with van der Waals surface area (Å²) < 4.78 is 32.3. The molecule has 118 valence electrons. The highest BCUT2D eigenvalue weighted by molar-refractivity contribution is 7.89. The molecule has 2 rings (SSSR count). The fourth-order valence-corrected chi connectivity index (χ4v) is 4.25. The van der Waals surface area contributed by atoms with Crippen LogP contribution in [0.25, 0.3) is 0 Å². The van der Waals surface area contributed by atoms with E-state index in [9.17, 15) is 8.42 Å². The number of likely N-dealkylation sites (N-methyl/N-ethyl adjacent to an activating group) is 1. The van der Waals surface area contributed by atoms with E-state index in [1.807, 2.05) is 6.92 Å². The normalized spacial score (nSPS) is 19.3. The Bertz CT molecular complexity index is 586. The zero-order chi connectivity index (χ0) is 15.5. The Morgan fingerprint density at radius 3 is 2.76 bits per heavy atom. The van der Waals surface area contributed by atoms with Gasteiger partial charge in [0, 0.05) is 31.3 Å². The van der Waals surface area contributed by atoms with Gasteiger partial charge in [0.25, 0.3) is 0 Å². The van der Waals surface area contributed by atoms with Crippen molar-refractivity contribution in [2.24, 2.45) is 5.73 Å². The van der Waals surface area contributed by atoms with Crippen LogP contribution in [0, 0.1) is 0 Å². The summed E-state index contributed by atoms with van der Waals surface area (Å²) in [5.41, 5.74) is 6.28. The first-order chi connectivity index (χ1) is 9.98. The van der Waals surface area contributed by atoms with Gasteiger partial charge in [-0.3, -0.25) is 0 Å². The van der Waals surface area contributed by atoms with Crippen molar-refractivity contribution >= 4 is 21.6 Å². The van der Waals surface area contributed by atoms with Crippen molar-refractivity contribution in [1.29, 1.82) is 0 Å². The van der Waals surface area contributed by atoms with Crippen LogP contribution in [0.2, 0.25) is 5.02 Å². The summed E-state index contributed by atoms with van der Waals surface area (Å²) in [5.74, 6) is 0. The molecule has 1 unspecified atom stereocenters. The number of hydrogen-bond donors (Lipinski definition) is 1. The zero-order valence-electron chi connectivity index (χ0n) is 12.1. The first kappa shape index (κ1) is 16.7. The minimum Gasteiger partial charge on any atom is -0.377 e. The standard InChI is InChI=1S/C14H21ClN2O3S/c1-2-17(10-12-4-3-7-20-12)21(18,19)13-6-5-11(9-16)14(15)8-13/h5-6,8,12H,2-4,7,9-10,16H2,1H3. The van der Waals surface area contributed by atoms with E-state index in [0.29, 0.717) is 24.7 Å². The average Bonchev–Trinajstić information content (AvgIpc) is 2.97. The minimum atomic E-state index is -3.56. The molecule has 7 heteroatoms. The molecule has 1 aliphatic heterocycles. The minimum absolute atomic E-state index is 0.0153. The van der Waals surface area contributed by atoms with Gasteiger partial charge in [0.15, 0.2) is 0 Å². The molecule has 0 aliphatic carbocycles. The molecule has 21 heavy (non-hydrogen) atoms. The highest BCUT2D eigenvalue weighted by atomic mass is 35.5. The molecule has 1 atom stereocenters. The topological polar surface area (TPSA) is 72.6 Å². The molecule has 1 aliphatic rings. The van der Waals surface area contributed by atoms with Crippen molar-refractivity contribution in [3.05, 3.63) is 28.8 Å². The Balaban J connectivity index is 2.23. The van der Waals surface area contributed by atoms with Crippen LogP contribution >= 0.6 is 11.6 Å². The molecule has 0 radical (unpaired) electrons. The number of nitrogens with zero attached hydrogens (tertiary/aromatic N) is 1. The van der Waals surface area contributed by atoms with Crippen molar-refractivity contribution in [2.45, 2.75) is 37.3 Å². The van der Waals surface area contributed by atoms with E-state index in [4.69, 9.17) is 22.1 Å². The second-order valence-electron chi connectivity index (χ2n) is 5.05. The summed E-state index contributed by atoms with van der Waals surface area (Å²) in [6, 6.07) is 4.69. The third kappa shape index (κ3) is 3.76. The monoisotopic (exact) mass is 332 g/mol. The van der Waals surface area contributed by atoms with Crippen LogP contribution in [0.3, 0.4) is 0 Å². The van der Waals surface area contributed by atoms with Gasteiger partial charge in [0.05, 0.1) is 11.0 Å². The fourth-order valence-electron chi connectivity index (χ4n) is 2.42.